The van der Waals surface area contributed by atoms with Gasteiger partial charge in [0.2, 0.25) is 5.91 Å². The van der Waals surface area contributed by atoms with E-state index in [2.05, 4.69) is 15.7 Å². The first-order valence-corrected chi connectivity index (χ1v) is 11.1. The van der Waals surface area contributed by atoms with Crippen LogP contribution in [0.2, 0.25) is 0 Å². The van der Waals surface area contributed by atoms with E-state index in [4.69, 9.17) is 5.11 Å². The number of aliphatic hydroxyl groups is 1. The van der Waals surface area contributed by atoms with E-state index in [0.29, 0.717) is 23.4 Å². The summed E-state index contributed by atoms with van der Waals surface area (Å²) < 4.78 is 15.8. The number of fused-ring (bicyclic) bond motifs is 1. The van der Waals surface area contributed by atoms with Crippen molar-refractivity contribution in [3.8, 4) is 0 Å². The minimum Gasteiger partial charge on any atom is -0.395 e. The zero-order valence-corrected chi connectivity index (χ0v) is 18.6. The van der Waals surface area contributed by atoms with E-state index in [0.717, 1.165) is 12.8 Å². The van der Waals surface area contributed by atoms with Crippen LogP contribution in [0.25, 0.3) is 10.9 Å². The number of aromatic nitrogens is 2. The predicted octanol–water partition coefficient (Wildman–Crippen LogP) is 3.01. The highest BCUT2D eigenvalue weighted by Gasteiger charge is 2.34. The molecule has 8 heteroatoms. The Hall–Kier alpha value is -2.48. The number of hydrogen-bond acceptors (Lipinski definition) is 4. The third kappa shape index (κ3) is 5.61. The molecule has 0 saturated heterocycles. The van der Waals surface area contributed by atoms with Gasteiger partial charge < -0.3 is 15.7 Å². The summed E-state index contributed by atoms with van der Waals surface area (Å²) in [6, 6.07) is 3.53. The molecular formula is C23H33FN4O3. The van der Waals surface area contributed by atoms with Crippen molar-refractivity contribution in [3.63, 3.8) is 0 Å². The molecule has 31 heavy (non-hydrogen) atoms. The van der Waals surface area contributed by atoms with Gasteiger partial charge in [0.25, 0.3) is 5.91 Å². The molecule has 1 aliphatic rings. The smallest absolute Gasteiger partial charge is 0.273 e. The van der Waals surface area contributed by atoms with Crippen LogP contribution in [0, 0.1) is 17.2 Å². The van der Waals surface area contributed by atoms with E-state index in [1.165, 1.54) is 31.4 Å². The van der Waals surface area contributed by atoms with Crippen molar-refractivity contribution in [3.05, 3.63) is 29.7 Å². The van der Waals surface area contributed by atoms with E-state index in [-0.39, 0.29) is 24.8 Å². The summed E-state index contributed by atoms with van der Waals surface area (Å²) in [6.45, 7) is 6.13. The van der Waals surface area contributed by atoms with Gasteiger partial charge in [0.15, 0.2) is 5.69 Å². The van der Waals surface area contributed by atoms with Crippen molar-refractivity contribution < 1.29 is 19.1 Å². The third-order valence-corrected chi connectivity index (χ3v) is 5.90. The van der Waals surface area contributed by atoms with Crippen molar-refractivity contribution in [2.24, 2.45) is 11.3 Å². The van der Waals surface area contributed by atoms with Crippen LogP contribution in [-0.4, -0.2) is 45.9 Å². The largest absolute Gasteiger partial charge is 0.395 e. The predicted molar refractivity (Wildman–Crippen MR) is 117 cm³/mol. The second-order valence-electron chi connectivity index (χ2n) is 9.48. The molecule has 3 N–H and O–H groups in total. The van der Waals surface area contributed by atoms with E-state index in [9.17, 15) is 14.0 Å². The van der Waals surface area contributed by atoms with Crippen LogP contribution >= 0.6 is 0 Å². The van der Waals surface area contributed by atoms with E-state index in [1.54, 1.807) is 10.7 Å². The molecular weight excluding hydrogens is 399 g/mol. The normalized spacial score (nSPS) is 16.3. The van der Waals surface area contributed by atoms with Crippen LogP contribution < -0.4 is 10.6 Å². The van der Waals surface area contributed by atoms with Crippen molar-refractivity contribution >= 4 is 22.7 Å². The van der Waals surface area contributed by atoms with Gasteiger partial charge >= 0.3 is 0 Å². The standard InChI is InChI=1S/C23H33FN4O3/c1-23(2,3)20(22(31)25-11-12-29)26-21(30)19-17-13-16(24)9-10-18(17)28(27-19)14-15-7-5-4-6-8-15/h9-10,13,15,20,29H,4-8,11-12,14H2,1-3H3,(H,25,31)(H,26,30). The minimum atomic E-state index is -0.835. The molecule has 1 saturated carbocycles. The topological polar surface area (TPSA) is 96.2 Å². The summed E-state index contributed by atoms with van der Waals surface area (Å²) in [7, 11) is 0. The fourth-order valence-corrected chi connectivity index (χ4v) is 4.23. The van der Waals surface area contributed by atoms with Crippen molar-refractivity contribution in [1.82, 2.24) is 20.4 Å². The Morgan fingerprint density at radius 3 is 2.61 bits per heavy atom. The number of halogens is 1. The highest BCUT2D eigenvalue weighted by atomic mass is 19.1. The van der Waals surface area contributed by atoms with Gasteiger partial charge in [-0.05, 0) is 42.4 Å². The third-order valence-electron chi connectivity index (χ3n) is 5.90. The van der Waals surface area contributed by atoms with Crippen molar-refractivity contribution in [1.29, 1.82) is 0 Å². The molecule has 3 rings (SSSR count). The molecule has 1 aromatic carbocycles. The minimum absolute atomic E-state index is 0.103. The maximum absolute atomic E-state index is 14.0. The summed E-state index contributed by atoms with van der Waals surface area (Å²) in [5.41, 5.74) is 0.268. The molecule has 1 aromatic heterocycles. The van der Waals surface area contributed by atoms with Gasteiger partial charge in [0.1, 0.15) is 11.9 Å². The van der Waals surface area contributed by atoms with Gasteiger partial charge in [-0.2, -0.15) is 5.10 Å². The number of carbonyl (C=O) groups excluding carboxylic acids is 2. The van der Waals surface area contributed by atoms with Crippen molar-refractivity contribution in [2.75, 3.05) is 13.2 Å². The van der Waals surface area contributed by atoms with Gasteiger partial charge in [-0.1, -0.05) is 40.0 Å². The molecule has 1 aliphatic carbocycles. The van der Waals surface area contributed by atoms with E-state index in [1.807, 2.05) is 20.8 Å². The monoisotopic (exact) mass is 432 g/mol. The second kappa shape index (κ2) is 9.77. The first-order valence-electron chi connectivity index (χ1n) is 11.1. The molecule has 170 valence electrons. The van der Waals surface area contributed by atoms with E-state index < -0.39 is 23.2 Å². The molecule has 2 amide bonds. The fraction of sp³-hybridized carbons (Fsp3) is 0.609. The lowest BCUT2D eigenvalue weighted by molar-refractivity contribution is -0.125. The molecule has 1 unspecified atom stereocenters. The Morgan fingerprint density at radius 1 is 1.26 bits per heavy atom. The molecule has 0 radical (unpaired) electrons. The Kier molecular flexibility index (Phi) is 7.30. The molecule has 7 nitrogen and oxygen atoms in total. The van der Waals surface area contributed by atoms with Gasteiger partial charge in [0, 0.05) is 18.5 Å². The molecule has 0 bridgehead atoms. The number of nitrogens with zero attached hydrogens (tertiary/aromatic N) is 2. The Bertz CT molecular complexity index is 929. The van der Waals surface area contributed by atoms with Crippen LogP contribution in [0.1, 0.15) is 63.4 Å². The highest BCUT2D eigenvalue weighted by molar-refractivity contribution is 6.06. The van der Waals surface area contributed by atoms with E-state index >= 15 is 0 Å². The Morgan fingerprint density at radius 2 is 1.97 bits per heavy atom. The van der Waals surface area contributed by atoms with Crippen LogP contribution in [0.3, 0.4) is 0 Å². The van der Waals surface area contributed by atoms with Gasteiger partial charge in [-0.25, -0.2) is 4.39 Å². The summed E-state index contributed by atoms with van der Waals surface area (Å²) >= 11 is 0. The number of rotatable bonds is 7. The summed E-state index contributed by atoms with van der Waals surface area (Å²) in [4.78, 5) is 25.8. The SMILES string of the molecule is CC(C)(C)C(NC(=O)c1nn(CC2CCCCC2)c2ccc(F)cc12)C(=O)NCCO. The zero-order chi connectivity index (χ0) is 22.6. The average molecular weight is 433 g/mol. The lowest BCUT2D eigenvalue weighted by Gasteiger charge is -2.30. The maximum atomic E-state index is 14.0. The fourth-order valence-electron chi connectivity index (χ4n) is 4.23. The number of amides is 2. The van der Waals surface area contributed by atoms with Crippen LogP contribution in [0.4, 0.5) is 4.39 Å². The van der Waals surface area contributed by atoms with Crippen LogP contribution in [0.15, 0.2) is 18.2 Å². The molecule has 2 aromatic rings. The molecule has 0 spiro atoms. The van der Waals surface area contributed by atoms with Crippen LogP contribution in [-0.2, 0) is 11.3 Å². The first-order chi connectivity index (χ1) is 14.7. The molecule has 1 heterocycles. The number of nitrogens with one attached hydrogen (secondary N) is 2. The number of benzene rings is 1. The Labute approximate surface area is 182 Å². The van der Waals surface area contributed by atoms with Gasteiger partial charge in [-0.15, -0.1) is 0 Å². The maximum Gasteiger partial charge on any atom is 0.273 e. The molecule has 1 atom stereocenters. The van der Waals surface area contributed by atoms with Crippen LogP contribution in [0.5, 0.6) is 0 Å². The first kappa shape index (κ1) is 23.2. The second-order valence-corrected chi connectivity index (χ2v) is 9.48. The zero-order valence-electron chi connectivity index (χ0n) is 18.6. The van der Waals surface area contributed by atoms with Gasteiger partial charge in [0.05, 0.1) is 12.1 Å². The number of aliphatic hydroxyl groups excluding tert-OH is 1. The van der Waals surface area contributed by atoms with Gasteiger partial charge in [-0.3, -0.25) is 14.3 Å². The summed E-state index contributed by atoms with van der Waals surface area (Å²) in [5, 5.41) is 19.4. The average Bonchev–Trinajstić information content (AvgIpc) is 3.07. The summed E-state index contributed by atoms with van der Waals surface area (Å²) in [6.07, 6.45) is 5.90. The lowest BCUT2D eigenvalue weighted by atomic mass is 9.86. The number of hydrogen-bond donors (Lipinski definition) is 3. The molecule has 1 fully saturated rings. The molecule has 0 aliphatic heterocycles. The highest BCUT2D eigenvalue weighted by Crippen LogP contribution is 2.28. The summed E-state index contributed by atoms with van der Waals surface area (Å²) in [5.74, 6) is -0.847. The lowest BCUT2D eigenvalue weighted by Crippen LogP contribution is -2.54. The van der Waals surface area contributed by atoms with Crippen molar-refractivity contribution in [2.45, 2.75) is 65.5 Å². The Balaban J connectivity index is 1.90. The quantitative estimate of drug-likeness (QED) is 0.627. The number of carbonyl (C=O) groups is 2.